The van der Waals surface area contributed by atoms with E-state index in [2.05, 4.69) is 11.8 Å². The zero-order valence-corrected chi connectivity index (χ0v) is 6.84. The van der Waals surface area contributed by atoms with Gasteiger partial charge in [0, 0.05) is 5.69 Å². The fourth-order valence-corrected chi connectivity index (χ4v) is 0.818. The van der Waals surface area contributed by atoms with Gasteiger partial charge in [-0.25, -0.2) is 4.39 Å². The number of nitrogens with two attached hydrogens (primary N) is 1. The maximum absolute atomic E-state index is 13.0. The highest BCUT2D eigenvalue weighted by Gasteiger charge is 1.97. The van der Waals surface area contributed by atoms with E-state index in [0.29, 0.717) is 5.69 Å². The number of nitrogens with zero attached hydrogens (tertiary/aromatic N) is 1. The predicted molar refractivity (Wildman–Crippen MR) is 47.9 cm³/mol. The number of nitrogen functional groups attached to an aromatic ring is 1. The maximum atomic E-state index is 13.0. The Hall–Kier alpha value is -2.00. The van der Waals surface area contributed by atoms with E-state index in [1.54, 1.807) is 0 Å². The summed E-state index contributed by atoms with van der Waals surface area (Å²) in [5, 5.41) is 8.20. The van der Waals surface area contributed by atoms with Crippen LogP contribution in [0.3, 0.4) is 0 Å². The molecule has 0 saturated carbocycles. The Morgan fingerprint density at radius 2 is 2.23 bits per heavy atom. The fraction of sp³-hybridized carbons (Fsp3) is 0.100. The third-order valence-electron chi connectivity index (χ3n) is 1.38. The lowest BCUT2D eigenvalue weighted by Gasteiger charge is -1.95. The van der Waals surface area contributed by atoms with Crippen LogP contribution in [0.15, 0.2) is 18.2 Å². The molecule has 0 spiro atoms. The lowest BCUT2D eigenvalue weighted by molar-refractivity contribution is 0.624. The third kappa shape index (κ3) is 2.50. The summed E-state index contributed by atoms with van der Waals surface area (Å²) in [5.74, 6) is 4.62. The van der Waals surface area contributed by atoms with Gasteiger partial charge in [0.25, 0.3) is 0 Å². The van der Waals surface area contributed by atoms with Crippen LogP contribution < -0.4 is 5.73 Å². The molecule has 0 aliphatic heterocycles. The standard InChI is InChI=1S/C10H7FN2/c11-10-5-4-9(13)7-8(10)3-1-2-6-12/h4-5,7H,2,13H2. The molecule has 0 aliphatic carbocycles. The first kappa shape index (κ1) is 9.09. The van der Waals surface area contributed by atoms with Crippen LogP contribution in [-0.2, 0) is 0 Å². The second kappa shape index (κ2) is 4.13. The largest absolute Gasteiger partial charge is 0.399 e. The van der Waals surface area contributed by atoms with Crippen LogP contribution in [0.25, 0.3) is 0 Å². The Morgan fingerprint density at radius 1 is 1.46 bits per heavy atom. The summed E-state index contributed by atoms with van der Waals surface area (Å²) >= 11 is 0. The fourth-order valence-electron chi connectivity index (χ4n) is 0.818. The van der Waals surface area contributed by atoms with E-state index in [1.807, 2.05) is 6.07 Å². The Balaban J connectivity index is 2.97. The third-order valence-corrected chi connectivity index (χ3v) is 1.38. The van der Waals surface area contributed by atoms with Gasteiger partial charge in [0.2, 0.25) is 0 Å². The minimum atomic E-state index is -0.417. The second-order valence-corrected chi connectivity index (χ2v) is 2.38. The van der Waals surface area contributed by atoms with Gasteiger partial charge >= 0.3 is 0 Å². The Morgan fingerprint density at radius 3 is 2.92 bits per heavy atom. The number of nitriles is 1. The number of anilines is 1. The molecule has 0 fully saturated rings. The molecule has 2 N–H and O–H groups in total. The van der Waals surface area contributed by atoms with Crippen LogP contribution in [-0.4, -0.2) is 0 Å². The van der Waals surface area contributed by atoms with Crippen molar-refractivity contribution in [3.05, 3.63) is 29.6 Å². The van der Waals surface area contributed by atoms with Crippen molar-refractivity contribution in [1.29, 1.82) is 5.26 Å². The van der Waals surface area contributed by atoms with E-state index in [0.717, 1.165) is 0 Å². The smallest absolute Gasteiger partial charge is 0.138 e. The van der Waals surface area contributed by atoms with Crippen LogP contribution in [0.2, 0.25) is 0 Å². The minimum Gasteiger partial charge on any atom is -0.399 e. The molecule has 0 aliphatic rings. The SMILES string of the molecule is N#CCC#Cc1cc(N)ccc1F. The van der Waals surface area contributed by atoms with Crippen molar-refractivity contribution in [2.45, 2.75) is 6.42 Å². The van der Waals surface area contributed by atoms with Gasteiger partial charge in [-0.15, -0.1) is 0 Å². The minimum absolute atomic E-state index is 0.0915. The molecule has 1 rings (SSSR count). The summed E-state index contributed by atoms with van der Waals surface area (Å²) in [7, 11) is 0. The summed E-state index contributed by atoms with van der Waals surface area (Å²) in [5.41, 5.74) is 6.12. The molecule has 0 unspecified atom stereocenters. The van der Waals surface area contributed by atoms with Gasteiger partial charge in [-0.3, -0.25) is 0 Å². The van der Waals surface area contributed by atoms with E-state index in [1.165, 1.54) is 18.2 Å². The summed E-state index contributed by atoms with van der Waals surface area (Å²) in [6.45, 7) is 0. The number of rotatable bonds is 0. The highest BCUT2D eigenvalue weighted by molar-refractivity contribution is 5.47. The Labute approximate surface area is 75.8 Å². The molecule has 13 heavy (non-hydrogen) atoms. The molecule has 0 aromatic heterocycles. The Bertz CT molecular complexity index is 407. The lowest BCUT2D eigenvalue weighted by atomic mass is 10.2. The summed E-state index contributed by atoms with van der Waals surface area (Å²) in [6, 6.07) is 6.01. The summed E-state index contributed by atoms with van der Waals surface area (Å²) in [4.78, 5) is 0. The number of hydrogen-bond donors (Lipinski definition) is 1. The summed E-state index contributed by atoms with van der Waals surface area (Å²) < 4.78 is 13.0. The maximum Gasteiger partial charge on any atom is 0.138 e. The van der Waals surface area contributed by atoms with Gasteiger partial charge in [-0.2, -0.15) is 5.26 Å². The van der Waals surface area contributed by atoms with Gasteiger partial charge in [0.05, 0.1) is 18.1 Å². The van der Waals surface area contributed by atoms with E-state index in [9.17, 15) is 4.39 Å². The van der Waals surface area contributed by atoms with Crippen LogP contribution >= 0.6 is 0 Å². The first-order valence-electron chi connectivity index (χ1n) is 3.65. The highest BCUT2D eigenvalue weighted by Crippen LogP contribution is 2.10. The van der Waals surface area contributed by atoms with Crippen LogP contribution in [0.5, 0.6) is 0 Å². The average molecular weight is 174 g/mol. The van der Waals surface area contributed by atoms with Gasteiger partial charge in [-0.1, -0.05) is 11.8 Å². The van der Waals surface area contributed by atoms with E-state index >= 15 is 0 Å². The van der Waals surface area contributed by atoms with Crippen molar-refractivity contribution in [3.63, 3.8) is 0 Å². The first-order valence-corrected chi connectivity index (χ1v) is 3.65. The second-order valence-electron chi connectivity index (χ2n) is 2.38. The number of hydrogen-bond acceptors (Lipinski definition) is 2. The highest BCUT2D eigenvalue weighted by atomic mass is 19.1. The van der Waals surface area contributed by atoms with Crippen LogP contribution in [0.1, 0.15) is 12.0 Å². The molecule has 0 heterocycles. The topological polar surface area (TPSA) is 49.8 Å². The molecule has 1 aromatic carbocycles. The quantitative estimate of drug-likeness (QED) is 0.480. The Kier molecular flexibility index (Phi) is 2.89. The molecule has 0 bridgehead atoms. The van der Waals surface area contributed by atoms with Crippen molar-refractivity contribution >= 4 is 5.69 Å². The summed E-state index contributed by atoms with van der Waals surface area (Å²) in [6.07, 6.45) is 0.0915. The molecular formula is C10H7FN2. The van der Waals surface area contributed by atoms with E-state index < -0.39 is 5.82 Å². The van der Waals surface area contributed by atoms with Crippen molar-refractivity contribution in [3.8, 4) is 17.9 Å². The van der Waals surface area contributed by atoms with E-state index in [-0.39, 0.29) is 12.0 Å². The zero-order chi connectivity index (χ0) is 9.68. The molecule has 0 atom stereocenters. The monoisotopic (exact) mass is 174 g/mol. The zero-order valence-electron chi connectivity index (χ0n) is 6.84. The van der Waals surface area contributed by atoms with Gasteiger partial charge in [0.1, 0.15) is 5.82 Å². The molecule has 0 amide bonds. The van der Waals surface area contributed by atoms with Crippen molar-refractivity contribution in [1.82, 2.24) is 0 Å². The van der Waals surface area contributed by atoms with Crippen molar-refractivity contribution in [2.24, 2.45) is 0 Å². The van der Waals surface area contributed by atoms with Crippen molar-refractivity contribution in [2.75, 3.05) is 5.73 Å². The molecule has 64 valence electrons. The lowest BCUT2D eigenvalue weighted by Crippen LogP contribution is -1.88. The average Bonchev–Trinajstić information content (AvgIpc) is 2.11. The van der Waals surface area contributed by atoms with Crippen LogP contribution in [0, 0.1) is 29.0 Å². The van der Waals surface area contributed by atoms with Gasteiger partial charge < -0.3 is 5.73 Å². The molecule has 3 heteroatoms. The molecular weight excluding hydrogens is 167 g/mol. The normalized spacial score (nSPS) is 8.31. The molecule has 0 radical (unpaired) electrons. The molecule has 1 aromatic rings. The van der Waals surface area contributed by atoms with Crippen molar-refractivity contribution < 1.29 is 4.39 Å². The number of benzene rings is 1. The van der Waals surface area contributed by atoms with Gasteiger partial charge in [-0.05, 0) is 18.2 Å². The predicted octanol–water partition coefficient (Wildman–Crippen LogP) is 1.67. The number of halogens is 1. The van der Waals surface area contributed by atoms with Gasteiger partial charge in [0.15, 0.2) is 0 Å². The van der Waals surface area contributed by atoms with E-state index in [4.69, 9.17) is 11.0 Å². The molecule has 2 nitrogen and oxygen atoms in total. The van der Waals surface area contributed by atoms with Crippen LogP contribution in [0.4, 0.5) is 10.1 Å². The first-order chi connectivity index (χ1) is 6.24. The molecule has 0 saturated heterocycles.